The van der Waals surface area contributed by atoms with Crippen molar-refractivity contribution in [1.29, 1.82) is 0 Å². The molecule has 13 heavy (non-hydrogen) atoms. The Kier molecular flexibility index (Phi) is 2.60. The lowest BCUT2D eigenvalue weighted by molar-refractivity contribution is 0.577. The van der Waals surface area contributed by atoms with E-state index >= 15 is 0 Å². The zero-order valence-electron chi connectivity index (χ0n) is 8.09. The lowest BCUT2D eigenvalue weighted by Gasteiger charge is -2.09. The van der Waals surface area contributed by atoms with Crippen LogP contribution in [0.15, 0.2) is 18.3 Å². The van der Waals surface area contributed by atoms with Crippen molar-refractivity contribution >= 4 is 0 Å². The van der Waals surface area contributed by atoms with Gasteiger partial charge in [-0.15, -0.1) is 0 Å². The Bertz CT molecular complexity index is 277. The van der Waals surface area contributed by atoms with Crippen LogP contribution in [0.4, 0.5) is 0 Å². The predicted octanol–water partition coefficient (Wildman–Crippen LogP) is 1.54. The van der Waals surface area contributed by atoms with E-state index in [0.717, 1.165) is 5.92 Å². The molecule has 1 N–H and O–H groups in total. The first-order chi connectivity index (χ1) is 6.36. The molecule has 0 amide bonds. The summed E-state index contributed by atoms with van der Waals surface area (Å²) >= 11 is 0. The van der Waals surface area contributed by atoms with Gasteiger partial charge in [-0.1, -0.05) is 6.07 Å². The van der Waals surface area contributed by atoms with Gasteiger partial charge in [0.1, 0.15) is 0 Å². The fraction of sp³-hybridized carbons (Fsp3) is 0.545. The second-order valence-electron chi connectivity index (χ2n) is 3.81. The maximum absolute atomic E-state index is 4.30. The van der Waals surface area contributed by atoms with Gasteiger partial charge in [-0.25, -0.2) is 0 Å². The third kappa shape index (κ3) is 2.07. The van der Waals surface area contributed by atoms with Crippen LogP contribution in [0.5, 0.6) is 0 Å². The van der Waals surface area contributed by atoms with E-state index in [1.807, 2.05) is 12.3 Å². The number of hydrogen-bond donors (Lipinski definition) is 1. The van der Waals surface area contributed by atoms with Crippen molar-refractivity contribution in [2.75, 3.05) is 13.1 Å². The van der Waals surface area contributed by atoms with Gasteiger partial charge in [0, 0.05) is 11.9 Å². The van der Waals surface area contributed by atoms with E-state index in [2.05, 4.69) is 23.3 Å². The summed E-state index contributed by atoms with van der Waals surface area (Å²) in [6.45, 7) is 4.45. The Morgan fingerprint density at radius 2 is 2.54 bits per heavy atom. The summed E-state index contributed by atoms with van der Waals surface area (Å²) in [6.07, 6.45) is 4.37. The number of nitrogens with one attached hydrogen (secondary N) is 1. The van der Waals surface area contributed by atoms with E-state index < -0.39 is 0 Å². The molecular weight excluding hydrogens is 160 g/mol. The largest absolute Gasteiger partial charge is 0.316 e. The quantitative estimate of drug-likeness (QED) is 0.739. The standard InChI is InChI=1S/C11H16N2/c1-9-11(3-2-5-13-9)7-10-4-6-12-8-10/h2-3,5,10,12H,4,6-8H2,1H3. The van der Waals surface area contributed by atoms with Crippen molar-refractivity contribution in [2.24, 2.45) is 5.92 Å². The van der Waals surface area contributed by atoms with Crippen LogP contribution in [-0.2, 0) is 6.42 Å². The molecule has 0 spiro atoms. The van der Waals surface area contributed by atoms with Crippen LogP contribution in [0.1, 0.15) is 17.7 Å². The zero-order valence-corrected chi connectivity index (χ0v) is 8.09. The van der Waals surface area contributed by atoms with Crippen molar-refractivity contribution in [1.82, 2.24) is 10.3 Å². The number of hydrogen-bond acceptors (Lipinski definition) is 2. The fourth-order valence-corrected chi connectivity index (χ4v) is 1.93. The molecule has 1 aromatic heterocycles. The van der Waals surface area contributed by atoms with Gasteiger partial charge in [-0.05, 0) is 50.4 Å². The molecular formula is C11H16N2. The monoisotopic (exact) mass is 176 g/mol. The summed E-state index contributed by atoms with van der Waals surface area (Å²) < 4.78 is 0. The van der Waals surface area contributed by atoms with E-state index in [4.69, 9.17) is 0 Å². The van der Waals surface area contributed by atoms with Gasteiger partial charge >= 0.3 is 0 Å². The lowest BCUT2D eigenvalue weighted by Crippen LogP contribution is -2.11. The topological polar surface area (TPSA) is 24.9 Å². The highest BCUT2D eigenvalue weighted by Gasteiger charge is 2.15. The maximum Gasteiger partial charge on any atom is 0.0404 e. The smallest absolute Gasteiger partial charge is 0.0404 e. The van der Waals surface area contributed by atoms with Crippen LogP contribution in [0, 0.1) is 12.8 Å². The minimum atomic E-state index is 0.822. The summed E-state index contributed by atoms with van der Waals surface area (Å²) in [7, 11) is 0. The van der Waals surface area contributed by atoms with Crippen molar-refractivity contribution < 1.29 is 0 Å². The highest BCUT2D eigenvalue weighted by molar-refractivity contribution is 5.19. The van der Waals surface area contributed by atoms with Crippen molar-refractivity contribution in [2.45, 2.75) is 19.8 Å². The van der Waals surface area contributed by atoms with Gasteiger partial charge in [-0.3, -0.25) is 4.98 Å². The van der Waals surface area contributed by atoms with Gasteiger partial charge in [0.05, 0.1) is 0 Å². The minimum absolute atomic E-state index is 0.822. The summed E-state index contributed by atoms with van der Waals surface area (Å²) in [5.41, 5.74) is 2.60. The number of pyridine rings is 1. The van der Waals surface area contributed by atoms with Crippen LogP contribution >= 0.6 is 0 Å². The Labute approximate surface area is 79.4 Å². The Morgan fingerprint density at radius 1 is 1.62 bits per heavy atom. The highest BCUT2D eigenvalue weighted by Crippen LogP contribution is 2.16. The molecule has 1 unspecified atom stereocenters. The van der Waals surface area contributed by atoms with E-state index in [9.17, 15) is 0 Å². The SMILES string of the molecule is Cc1ncccc1CC1CCNC1. The van der Waals surface area contributed by atoms with Gasteiger partial charge in [-0.2, -0.15) is 0 Å². The summed E-state index contributed by atoms with van der Waals surface area (Å²) in [4.78, 5) is 4.30. The third-order valence-corrected chi connectivity index (χ3v) is 2.79. The van der Waals surface area contributed by atoms with Crippen LogP contribution in [0.25, 0.3) is 0 Å². The second-order valence-corrected chi connectivity index (χ2v) is 3.81. The number of nitrogens with zero attached hydrogens (tertiary/aromatic N) is 1. The van der Waals surface area contributed by atoms with Crippen LogP contribution in [0.2, 0.25) is 0 Å². The van der Waals surface area contributed by atoms with E-state index in [1.165, 1.54) is 37.2 Å². The van der Waals surface area contributed by atoms with E-state index in [1.54, 1.807) is 0 Å². The molecule has 1 fully saturated rings. The third-order valence-electron chi connectivity index (χ3n) is 2.79. The van der Waals surface area contributed by atoms with Crippen LogP contribution in [-0.4, -0.2) is 18.1 Å². The van der Waals surface area contributed by atoms with Gasteiger partial charge in [0.15, 0.2) is 0 Å². The normalized spacial score (nSPS) is 22.1. The average molecular weight is 176 g/mol. The molecule has 1 aliphatic heterocycles. The molecule has 2 heterocycles. The minimum Gasteiger partial charge on any atom is -0.316 e. The van der Waals surface area contributed by atoms with Crippen molar-refractivity contribution in [3.8, 4) is 0 Å². The van der Waals surface area contributed by atoms with E-state index in [-0.39, 0.29) is 0 Å². The van der Waals surface area contributed by atoms with Gasteiger partial charge < -0.3 is 5.32 Å². The molecule has 2 nitrogen and oxygen atoms in total. The molecule has 0 radical (unpaired) electrons. The van der Waals surface area contributed by atoms with Gasteiger partial charge in [0.2, 0.25) is 0 Å². The van der Waals surface area contributed by atoms with Gasteiger partial charge in [0.25, 0.3) is 0 Å². The molecule has 0 bridgehead atoms. The Morgan fingerprint density at radius 3 is 3.23 bits per heavy atom. The molecule has 1 atom stereocenters. The number of rotatable bonds is 2. The first kappa shape index (κ1) is 8.70. The second kappa shape index (κ2) is 3.88. The van der Waals surface area contributed by atoms with Crippen molar-refractivity contribution in [3.05, 3.63) is 29.6 Å². The van der Waals surface area contributed by atoms with Crippen molar-refractivity contribution in [3.63, 3.8) is 0 Å². The molecule has 1 aliphatic rings. The average Bonchev–Trinajstić information content (AvgIpc) is 2.61. The summed E-state index contributed by atoms with van der Waals surface area (Å²) in [5.74, 6) is 0.822. The molecule has 2 rings (SSSR count). The van der Waals surface area contributed by atoms with Crippen LogP contribution < -0.4 is 5.32 Å². The van der Waals surface area contributed by atoms with E-state index in [0.29, 0.717) is 0 Å². The Balaban J connectivity index is 2.04. The molecule has 1 saturated heterocycles. The van der Waals surface area contributed by atoms with Crippen LogP contribution in [0.3, 0.4) is 0 Å². The molecule has 0 aromatic carbocycles. The highest BCUT2D eigenvalue weighted by atomic mass is 14.9. The first-order valence-electron chi connectivity index (χ1n) is 4.97. The number of aromatic nitrogens is 1. The summed E-state index contributed by atoms with van der Waals surface area (Å²) in [6, 6.07) is 4.23. The molecule has 2 heteroatoms. The number of aryl methyl sites for hydroxylation is 1. The molecule has 0 aliphatic carbocycles. The molecule has 70 valence electrons. The first-order valence-corrected chi connectivity index (χ1v) is 4.97. The Hall–Kier alpha value is -0.890. The maximum atomic E-state index is 4.30. The fourth-order valence-electron chi connectivity index (χ4n) is 1.93. The lowest BCUT2D eigenvalue weighted by atomic mass is 9.98. The molecule has 1 aromatic rings. The zero-order chi connectivity index (χ0) is 9.10. The molecule has 0 saturated carbocycles. The predicted molar refractivity (Wildman–Crippen MR) is 53.7 cm³/mol. The summed E-state index contributed by atoms with van der Waals surface area (Å²) in [5, 5.41) is 3.39.